The highest BCUT2D eigenvalue weighted by Crippen LogP contribution is 2.36. The van der Waals surface area contributed by atoms with E-state index in [9.17, 15) is 18.4 Å². The van der Waals surface area contributed by atoms with Gasteiger partial charge in [-0.2, -0.15) is 18.4 Å². The predicted molar refractivity (Wildman–Crippen MR) is 106 cm³/mol. The average molecular weight is 440 g/mol. The van der Waals surface area contributed by atoms with Gasteiger partial charge >= 0.3 is 6.18 Å². The van der Waals surface area contributed by atoms with E-state index in [1.165, 1.54) is 23.6 Å². The molecule has 0 atom stereocenters. The average Bonchev–Trinajstić information content (AvgIpc) is 3.13. The number of halogens is 5. The number of nitrogens with one attached hydrogen (secondary N) is 1. The second-order valence-electron chi connectivity index (χ2n) is 5.55. The molecule has 0 unspecified atom stereocenters. The molecule has 0 bridgehead atoms. The number of thiazole rings is 1. The summed E-state index contributed by atoms with van der Waals surface area (Å²) in [6, 6.07) is 12.5. The van der Waals surface area contributed by atoms with Crippen LogP contribution in [0.5, 0.6) is 0 Å². The van der Waals surface area contributed by atoms with Crippen molar-refractivity contribution in [3.63, 3.8) is 0 Å². The molecule has 1 heterocycles. The van der Waals surface area contributed by atoms with Crippen LogP contribution < -0.4 is 5.32 Å². The Bertz CT molecular complexity index is 1070. The monoisotopic (exact) mass is 439 g/mol. The molecule has 0 aliphatic heterocycles. The van der Waals surface area contributed by atoms with Crippen molar-refractivity contribution >= 4 is 45.8 Å². The van der Waals surface area contributed by atoms with Crippen molar-refractivity contribution in [1.29, 1.82) is 5.26 Å². The second-order valence-corrected chi connectivity index (χ2v) is 7.25. The first-order chi connectivity index (χ1) is 13.3. The van der Waals surface area contributed by atoms with Gasteiger partial charge in [-0.05, 0) is 30.3 Å². The third kappa shape index (κ3) is 4.65. The zero-order valence-electron chi connectivity index (χ0n) is 13.9. The number of anilines is 1. The molecule has 3 aromatic rings. The van der Waals surface area contributed by atoms with Gasteiger partial charge in [0.05, 0.1) is 16.3 Å². The van der Waals surface area contributed by atoms with Crippen LogP contribution in [0, 0.1) is 11.3 Å². The summed E-state index contributed by atoms with van der Waals surface area (Å²) >= 11 is 12.7. The fraction of sp³-hybridized carbons (Fsp3) is 0.0526. The summed E-state index contributed by atoms with van der Waals surface area (Å²) in [4.78, 5) is 4.41. The van der Waals surface area contributed by atoms with Crippen LogP contribution in [0.25, 0.3) is 16.8 Å². The van der Waals surface area contributed by atoms with E-state index in [-0.39, 0.29) is 11.3 Å². The molecule has 3 nitrogen and oxygen atoms in total. The molecule has 1 N–H and O–H groups in total. The summed E-state index contributed by atoms with van der Waals surface area (Å²) in [5.74, 6) is 0. The topological polar surface area (TPSA) is 48.7 Å². The summed E-state index contributed by atoms with van der Waals surface area (Å²) in [5.41, 5.74) is 0.895. The van der Waals surface area contributed by atoms with Crippen LogP contribution in [-0.2, 0) is 6.18 Å². The molecule has 142 valence electrons. The molecule has 28 heavy (non-hydrogen) atoms. The number of hydrogen-bond acceptors (Lipinski definition) is 4. The number of aromatic nitrogens is 1. The minimum absolute atomic E-state index is 0.152. The first kappa shape index (κ1) is 20.2. The van der Waals surface area contributed by atoms with E-state index in [2.05, 4.69) is 10.3 Å². The van der Waals surface area contributed by atoms with E-state index < -0.39 is 16.8 Å². The third-order valence-corrected chi connectivity index (χ3v) is 5.11. The molecule has 0 aliphatic carbocycles. The number of hydrogen-bond donors (Lipinski definition) is 1. The molecule has 3 rings (SSSR count). The summed E-state index contributed by atoms with van der Waals surface area (Å²) in [7, 11) is 0. The second kappa shape index (κ2) is 8.23. The third-order valence-electron chi connectivity index (χ3n) is 3.65. The zero-order chi connectivity index (χ0) is 20.3. The van der Waals surface area contributed by atoms with Crippen LogP contribution in [-0.4, -0.2) is 4.98 Å². The Morgan fingerprint density at radius 1 is 1.14 bits per heavy atom. The fourth-order valence-electron chi connectivity index (χ4n) is 2.28. The number of allylic oxidation sites excluding steroid dienone is 1. The highest BCUT2D eigenvalue weighted by molar-refractivity contribution is 7.11. The Kier molecular flexibility index (Phi) is 5.94. The van der Waals surface area contributed by atoms with Gasteiger partial charge in [-0.1, -0.05) is 35.3 Å². The molecule has 2 aromatic carbocycles. The lowest BCUT2D eigenvalue weighted by Crippen LogP contribution is -2.06. The van der Waals surface area contributed by atoms with E-state index >= 15 is 0 Å². The SMILES string of the molecule is N#CC(=CNc1ccc(Cl)c(C(F)(F)F)c1)c1nc(-c2ccc(Cl)cc2)cs1. The van der Waals surface area contributed by atoms with E-state index in [0.29, 0.717) is 15.7 Å². The molecule has 9 heteroatoms. The lowest BCUT2D eigenvalue weighted by molar-refractivity contribution is -0.137. The van der Waals surface area contributed by atoms with E-state index in [0.717, 1.165) is 17.7 Å². The van der Waals surface area contributed by atoms with Crippen molar-refractivity contribution in [3.8, 4) is 17.3 Å². The number of alkyl halides is 3. The van der Waals surface area contributed by atoms with Gasteiger partial charge in [-0.3, -0.25) is 0 Å². The molecule has 0 spiro atoms. The highest BCUT2D eigenvalue weighted by Gasteiger charge is 2.33. The van der Waals surface area contributed by atoms with Crippen molar-refractivity contribution < 1.29 is 13.2 Å². The maximum Gasteiger partial charge on any atom is 0.417 e. The lowest BCUT2D eigenvalue weighted by atomic mass is 10.2. The Morgan fingerprint density at radius 3 is 2.50 bits per heavy atom. The predicted octanol–water partition coefficient (Wildman–Crippen LogP) is 7.11. The number of nitriles is 1. The highest BCUT2D eigenvalue weighted by atomic mass is 35.5. The van der Waals surface area contributed by atoms with Gasteiger partial charge in [0.15, 0.2) is 0 Å². The lowest BCUT2D eigenvalue weighted by Gasteiger charge is -2.10. The zero-order valence-corrected chi connectivity index (χ0v) is 16.2. The first-order valence-corrected chi connectivity index (χ1v) is 9.37. The fourth-order valence-corrected chi connectivity index (χ4v) is 3.43. The van der Waals surface area contributed by atoms with Crippen LogP contribution in [0.1, 0.15) is 10.6 Å². The summed E-state index contributed by atoms with van der Waals surface area (Å²) in [6.07, 6.45) is -3.26. The molecular weight excluding hydrogens is 430 g/mol. The van der Waals surface area contributed by atoms with Crippen LogP contribution >= 0.6 is 34.5 Å². The summed E-state index contributed by atoms with van der Waals surface area (Å²) in [6.45, 7) is 0. The minimum Gasteiger partial charge on any atom is -0.360 e. The van der Waals surface area contributed by atoms with Crippen molar-refractivity contribution in [3.05, 3.63) is 74.7 Å². The normalized spacial score (nSPS) is 11.9. The Morgan fingerprint density at radius 2 is 1.86 bits per heavy atom. The van der Waals surface area contributed by atoms with Crippen molar-refractivity contribution in [1.82, 2.24) is 4.98 Å². The van der Waals surface area contributed by atoms with Gasteiger partial charge in [-0.15, -0.1) is 11.3 Å². The van der Waals surface area contributed by atoms with Gasteiger partial charge in [0.1, 0.15) is 16.6 Å². The molecule has 0 amide bonds. The van der Waals surface area contributed by atoms with Gasteiger partial charge in [0.2, 0.25) is 0 Å². The minimum atomic E-state index is -4.57. The van der Waals surface area contributed by atoms with Crippen LogP contribution in [0.4, 0.5) is 18.9 Å². The number of nitrogens with zero attached hydrogens (tertiary/aromatic N) is 2. The summed E-state index contributed by atoms with van der Waals surface area (Å²) < 4.78 is 38.9. The Hall–Kier alpha value is -2.53. The first-order valence-electron chi connectivity index (χ1n) is 7.73. The molecule has 1 aromatic heterocycles. The number of benzene rings is 2. The molecule has 0 aliphatic rings. The molecule has 0 saturated heterocycles. The molecule has 0 saturated carbocycles. The maximum atomic E-state index is 13.0. The molecular formula is C19H10Cl2F3N3S. The van der Waals surface area contributed by atoms with Crippen LogP contribution in [0.15, 0.2) is 54.0 Å². The van der Waals surface area contributed by atoms with E-state index in [1.807, 2.05) is 18.2 Å². The van der Waals surface area contributed by atoms with E-state index in [1.54, 1.807) is 17.5 Å². The maximum absolute atomic E-state index is 13.0. The quantitative estimate of drug-likeness (QED) is 0.440. The molecule has 0 fully saturated rings. The van der Waals surface area contributed by atoms with Crippen molar-refractivity contribution in [2.24, 2.45) is 0 Å². The van der Waals surface area contributed by atoms with Crippen LogP contribution in [0.2, 0.25) is 10.0 Å². The number of rotatable bonds is 4. The van der Waals surface area contributed by atoms with E-state index in [4.69, 9.17) is 23.2 Å². The van der Waals surface area contributed by atoms with Crippen molar-refractivity contribution in [2.45, 2.75) is 6.18 Å². The van der Waals surface area contributed by atoms with Gasteiger partial charge in [0, 0.05) is 27.9 Å². The Labute approximate surface area is 172 Å². The van der Waals surface area contributed by atoms with Gasteiger partial charge in [0.25, 0.3) is 0 Å². The van der Waals surface area contributed by atoms with Gasteiger partial charge < -0.3 is 5.32 Å². The smallest absolute Gasteiger partial charge is 0.360 e. The molecule has 0 radical (unpaired) electrons. The van der Waals surface area contributed by atoms with Crippen molar-refractivity contribution in [2.75, 3.05) is 5.32 Å². The largest absolute Gasteiger partial charge is 0.417 e. The van der Waals surface area contributed by atoms with Crippen LogP contribution in [0.3, 0.4) is 0 Å². The Balaban J connectivity index is 1.84. The van der Waals surface area contributed by atoms with Gasteiger partial charge in [-0.25, -0.2) is 4.98 Å². The summed E-state index contributed by atoms with van der Waals surface area (Å²) in [5, 5.41) is 14.5. The standard InChI is InChI=1S/C19H10Cl2F3N3S/c20-13-3-1-11(2-4-13)17-10-28-18(27-17)12(8-25)9-26-14-5-6-16(21)15(7-14)19(22,23)24/h1-7,9-10,26H.